The lowest BCUT2D eigenvalue weighted by atomic mass is 9.92. The fourth-order valence-electron chi connectivity index (χ4n) is 5.18. The summed E-state index contributed by atoms with van der Waals surface area (Å²) in [4.78, 5) is 21.6. The lowest BCUT2D eigenvalue weighted by Crippen LogP contribution is -2.40. The van der Waals surface area contributed by atoms with Gasteiger partial charge >= 0.3 is 6.03 Å². The Morgan fingerprint density at radius 3 is 2.46 bits per heavy atom. The smallest absolute Gasteiger partial charge is 0.314 e. The quantitative estimate of drug-likeness (QED) is 0.219. The van der Waals surface area contributed by atoms with Crippen LogP contribution in [0.2, 0.25) is 5.02 Å². The average Bonchev–Trinajstić information content (AvgIpc) is 3.00. The van der Waals surface area contributed by atoms with Crippen molar-refractivity contribution in [2.75, 3.05) is 52.9 Å². The van der Waals surface area contributed by atoms with Gasteiger partial charge in [-0.05, 0) is 99.9 Å². The molecule has 1 atom stereocenters. The Hall–Kier alpha value is -3.13. The highest BCUT2D eigenvalue weighted by Gasteiger charge is 2.16. The van der Waals surface area contributed by atoms with Crippen molar-refractivity contribution in [2.45, 2.75) is 44.6 Å². The van der Waals surface area contributed by atoms with E-state index in [1.54, 1.807) is 0 Å². The van der Waals surface area contributed by atoms with Crippen molar-refractivity contribution in [2.24, 2.45) is 0 Å². The van der Waals surface area contributed by atoms with Gasteiger partial charge in [-0.2, -0.15) is 0 Å². The van der Waals surface area contributed by atoms with Gasteiger partial charge in [-0.25, -0.2) is 4.79 Å². The van der Waals surface area contributed by atoms with Gasteiger partial charge in [0.05, 0.1) is 6.61 Å². The number of urea groups is 1. The maximum atomic E-state index is 12.2. The van der Waals surface area contributed by atoms with Crippen molar-refractivity contribution in [3.63, 3.8) is 0 Å². The normalized spacial score (nSPS) is 14.5. The minimum atomic E-state index is -0.145. The number of benzene rings is 2. The standard InChI is InChI=1S/C33H44ClN5O2/c1-38(23-17-31(32-8-3-4-18-35-32)28-11-13-29(34)14-12-28)24-20-37-33(40)36-19-7-25-41-30-15-9-27(10-16-30)26-39-21-5-2-6-22-39/h3-4,8-16,18,31H,2,5-7,17,19-26H2,1H3,(H2,36,37,40). The monoisotopic (exact) mass is 577 g/mol. The Morgan fingerprint density at radius 1 is 0.976 bits per heavy atom. The number of carbonyl (C=O) groups excluding carboxylic acids is 1. The van der Waals surface area contributed by atoms with Gasteiger partial charge in [0.25, 0.3) is 0 Å². The van der Waals surface area contributed by atoms with E-state index < -0.39 is 0 Å². The molecule has 1 saturated heterocycles. The molecule has 0 saturated carbocycles. The van der Waals surface area contributed by atoms with Crippen molar-refractivity contribution in [3.05, 3.63) is 94.8 Å². The summed E-state index contributed by atoms with van der Waals surface area (Å²) in [5.74, 6) is 1.06. The number of ether oxygens (including phenoxy) is 1. The first-order chi connectivity index (χ1) is 20.1. The molecular weight excluding hydrogens is 534 g/mol. The predicted molar refractivity (Wildman–Crippen MR) is 167 cm³/mol. The molecule has 2 aromatic carbocycles. The third-order valence-electron chi connectivity index (χ3n) is 7.55. The van der Waals surface area contributed by atoms with Crippen LogP contribution in [0.25, 0.3) is 0 Å². The number of halogens is 1. The molecule has 0 radical (unpaired) electrons. The van der Waals surface area contributed by atoms with Crippen molar-refractivity contribution < 1.29 is 9.53 Å². The van der Waals surface area contributed by atoms with Crippen LogP contribution in [0.3, 0.4) is 0 Å². The third-order valence-corrected chi connectivity index (χ3v) is 7.80. The third kappa shape index (κ3) is 11.0. The Balaban J connectivity index is 1.07. The minimum Gasteiger partial charge on any atom is -0.494 e. The first-order valence-corrected chi connectivity index (χ1v) is 15.3. The zero-order chi connectivity index (χ0) is 28.7. The molecule has 41 heavy (non-hydrogen) atoms. The number of carbonyl (C=O) groups is 1. The van der Waals surface area contributed by atoms with E-state index in [0.29, 0.717) is 19.7 Å². The van der Waals surface area contributed by atoms with E-state index in [1.165, 1.54) is 43.5 Å². The summed E-state index contributed by atoms with van der Waals surface area (Å²) in [6.45, 7) is 6.79. The van der Waals surface area contributed by atoms with Crippen LogP contribution in [-0.2, 0) is 6.54 Å². The van der Waals surface area contributed by atoms with E-state index in [9.17, 15) is 4.79 Å². The van der Waals surface area contributed by atoms with Gasteiger partial charge in [0, 0.05) is 49.0 Å². The Morgan fingerprint density at radius 2 is 1.73 bits per heavy atom. The van der Waals surface area contributed by atoms with E-state index in [1.807, 2.05) is 42.6 Å². The number of nitrogens with one attached hydrogen (secondary N) is 2. The van der Waals surface area contributed by atoms with Crippen LogP contribution in [0, 0.1) is 0 Å². The summed E-state index contributed by atoms with van der Waals surface area (Å²) < 4.78 is 5.86. The molecule has 4 rings (SSSR count). The predicted octanol–water partition coefficient (Wildman–Crippen LogP) is 5.94. The number of amides is 2. The zero-order valence-electron chi connectivity index (χ0n) is 24.2. The number of rotatable bonds is 15. The summed E-state index contributed by atoms with van der Waals surface area (Å²) in [7, 11) is 2.08. The van der Waals surface area contributed by atoms with Crippen molar-refractivity contribution in [3.8, 4) is 5.75 Å². The molecule has 2 N–H and O–H groups in total. The minimum absolute atomic E-state index is 0.145. The van der Waals surface area contributed by atoms with Crippen LogP contribution in [0.5, 0.6) is 5.75 Å². The summed E-state index contributed by atoms with van der Waals surface area (Å²) in [6, 6.07) is 22.3. The highest BCUT2D eigenvalue weighted by atomic mass is 35.5. The Labute approximate surface area is 250 Å². The first kappa shape index (κ1) is 30.8. The molecule has 7 nitrogen and oxygen atoms in total. The van der Waals surface area contributed by atoms with E-state index >= 15 is 0 Å². The Kier molecular flexibility index (Phi) is 12.8. The first-order valence-electron chi connectivity index (χ1n) is 14.9. The van der Waals surface area contributed by atoms with Crippen LogP contribution in [0.15, 0.2) is 72.9 Å². The van der Waals surface area contributed by atoms with Gasteiger partial charge < -0.3 is 20.3 Å². The van der Waals surface area contributed by atoms with Crippen LogP contribution in [-0.4, -0.2) is 73.7 Å². The lowest BCUT2D eigenvalue weighted by molar-refractivity contribution is 0.221. The number of nitrogens with zero attached hydrogens (tertiary/aromatic N) is 3. The highest BCUT2D eigenvalue weighted by Crippen LogP contribution is 2.27. The second kappa shape index (κ2) is 17.0. The van der Waals surface area contributed by atoms with Gasteiger partial charge in [-0.1, -0.05) is 48.4 Å². The maximum absolute atomic E-state index is 12.2. The summed E-state index contributed by atoms with van der Waals surface area (Å²) in [5.41, 5.74) is 3.58. The Bertz CT molecular complexity index is 1150. The van der Waals surface area contributed by atoms with Crippen LogP contribution in [0.1, 0.15) is 54.8 Å². The number of piperidine rings is 1. The topological polar surface area (TPSA) is 69.7 Å². The summed E-state index contributed by atoms with van der Waals surface area (Å²) in [6.07, 6.45) is 7.49. The molecule has 0 bridgehead atoms. The number of likely N-dealkylation sites (N-methyl/N-ethyl adjacent to an activating group) is 1. The number of hydrogen-bond acceptors (Lipinski definition) is 5. The molecule has 3 aromatic rings. The van der Waals surface area contributed by atoms with Gasteiger partial charge in [-0.15, -0.1) is 0 Å². The van der Waals surface area contributed by atoms with Crippen molar-refractivity contribution in [1.29, 1.82) is 0 Å². The van der Waals surface area contributed by atoms with Crippen LogP contribution >= 0.6 is 11.6 Å². The average molecular weight is 578 g/mol. The molecule has 1 aliphatic heterocycles. The van der Waals surface area contributed by atoms with Gasteiger partial charge in [0.2, 0.25) is 0 Å². The molecule has 8 heteroatoms. The van der Waals surface area contributed by atoms with Crippen LogP contribution < -0.4 is 15.4 Å². The molecule has 0 spiro atoms. The van der Waals surface area contributed by atoms with Crippen molar-refractivity contribution in [1.82, 2.24) is 25.4 Å². The molecular formula is C33H44ClN5O2. The number of likely N-dealkylation sites (tertiary alicyclic amines) is 1. The lowest BCUT2D eigenvalue weighted by Gasteiger charge is -2.26. The number of pyridine rings is 1. The molecule has 1 aliphatic rings. The van der Waals surface area contributed by atoms with Crippen LogP contribution in [0.4, 0.5) is 4.79 Å². The van der Waals surface area contributed by atoms with Crippen molar-refractivity contribution >= 4 is 17.6 Å². The van der Waals surface area contributed by atoms with Gasteiger partial charge in [-0.3, -0.25) is 9.88 Å². The van der Waals surface area contributed by atoms with E-state index in [0.717, 1.165) is 48.9 Å². The summed E-state index contributed by atoms with van der Waals surface area (Å²) >= 11 is 6.10. The molecule has 1 aromatic heterocycles. The molecule has 1 unspecified atom stereocenters. The summed E-state index contributed by atoms with van der Waals surface area (Å²) in [5, 5.41) is 6.61. The maximum Gasteiger partial charge on any atom is 0.314 e. The SMILES string of the molecule is CN(CCNC(=O)NCCCOc1ccc(CN2CCCCC2)cc1)CCC(c1ccc(Cl)cc1)c1ccccn1. The van der Waals surface area contributed by atoms with E-state index in [-0.39, 0.29) is 11.9 Å². The molecule has 0 aliphatic carbocycles. The van der Waals surface area contributed by atoms with E-state index in [2.05, 4.69) is 62.8 Å². The van der Waals surface area contributed by atoms with Gasteiger partial charge in [0.15, 0.2) is 0 Å². The fraction of sp³-hybridized carbons (Fsp3) is 0.455. The largest absolute Gasteiger partial charge is 0.494 e. The molecule has 1 fully saturated rings. The molecule has 220 valence electrons. The second-order valence-corrected chi connectivity index (χ2v) is 11.3. The van der Waals surface area contributed by atoms with E-state index in [4.69, 9.17) is 16.3 Å². The highest BCUT2D eigenvalue weighted by molar-refractivity contribution is 6.30. The molecule has 2 heterocycles. The number of hydrogen-bond donors (Lipinski definition) is 2. The number of aromatic nitrogens is 1. The zero-order valence-corrected chi connectivity index (χ0v) is 25.0. The van der Waals surface area contributed by atoms with Gasteiger partial charge in [0.1, 0.15) is 5.75 Å². The second-order valence-electron chi connectivity index (χ2n) is 10.8. The fourth-order valence-corrected chi connectivity index (χ4v) is 5.30. The molecule has 2 amide bonds.